The Bertz CT molecular complexity index is 1320. The summed E-state index contributed by atoms with van der Waals surface area (Å²) in [5, 5.41) is 11.5. The first-order valence-electron chi connectivity index (χ1n) is 9.58. The number of halogens is 4. The minimum absolute atomic E-state index is 0.0154. The van der Waals surface area contributed by atoms with Crippen molar-refractivity contribution in [3.05, 3.63) is 58.9 Å². The molecule has 0 spiro atoms. The highest BCUT2D eigenvalue weighted by atomic mass is 35.5. The lowest BCUT2D eigenvalue weighted by atomic mass is 10.2. The van der Waals surface area contributed by atoms with Crippen molar-refractivity contribution in [3.63, 3.8) is 0 Å². The second kappa shape index (κ2) is 8.59. The highest BCUT2D eigenvalue weighted by Gasteiger charge is 2.31. The first kappa shape index (κ1) is 22.3. The van der Waals surface area contributed by atoms with Gasteiger partial charge in [-0.1, -0.05) is 49.3 Å². The van der Waals surface area contributed by atoms with E-state index in [4.69, 9.17) is 11.6 Å². The van der Waals surface area contributed by atoms with E-state index in [0.717, 1.165) is 41.3 Å². The third-order valence-corrected chi connectivity index (χ3v) is 5.93. The van der Waals surface area contributed by atoms with E-state index in [9.17, 15) is 18.0 Å². The van der Waals surface area contributed by atoms with Gasteiger partial charge >= 0.3 is 6.18 Å². The van der Waals surface area contributed by atoms with E-state index in [1.54, 1.807) is 0 Å². The summed E-state index contributed by atoms with van der Waals surface area (Å²) in [7, 11) is 0. The van der Waals surface area contributed by atoms with Crippen LogP contribution in [0.1, 0.15) is 31.2 Å². The quantitative estimate of drug-likeness (QED) is 0.366. The number of fused-ring (bicyclic) bond motifs is 3. The molecular weight excluding hydrogens is 463 g/mol. The number of rotatable bonds is 5. The molecule has 0 atom stereocenters. The topological polar surface area (TPSA) is 72.2 Å². The highest BCUT2D eigenvalue weighted by molar-refractivity contribution is 8.00. The maximum atomic E-state index is 13.0. The summed E-state index contributed by atoms with van der Waals surface area (Å²) in [6, 6.07) is 10.3. The fraction of sp³-hybridized carbons (Fsp3) is 0.238. The van der Waals surface area contributed by atoms with Gasteiger partial charge in [0.05, 0.1) is 33.1 Å². The molecule has 11 heteroatoms. The van der Waals surface area contributed by atoms with Crippen LogP contribution in [0.2, 0.25) is 5.02 Å². The Morgan fingerprint density at radius 1 is 1.19 bits per heavy atom. The SMILES string of the molecule is CC(C)c1nnc2c(SCC(=O)Nc3cc(C(F)(F)F)ccc3Cl)nc3ccccc3n12. The number of para-hydroxylation sites is 2. The van der Waals surface area contributed by atoms with E-state index >= 15 is 0 Å². The number of thioether (sulfide) groups is 1. The summed E-state index contributed by atoms with van der Waals surface area (Å²) in [4.78, 5) is 17.1. The first-order valence-corrected chi connectivity index (χ1v) is 10.9. The van der Waals surface area contributed by atoms with Crippen molar-refractivity contribution in [1.29, 1.82) is 0 Å². The van der Waals surface area contributed by atoms with Crippen LogP contribution in [-0.2, 0) is 11.0 Å². The van der Waals surface area contributed by atoms with E-state index in [1.807, 2.05) is 42.5 Å². The van der Waals surface area contributed by atoms with Gasteiger partial charge in [0.15, 0.2) is 5.65 Å². The molecule has 0 radical (unpaired) electrons. The average molecular weight is 480 g/mol. The van der Waals surface area contributed by atoms with Crippen LogP contribution in [0.5, 0.6) is 0 Å². The molecule has 0 unspecified atom stereocenters. The van der Waals surface area contributed by atoms with Crippen LogP contribution >= 0.6 is 23.4 Å². The number of carbonyl (C=O) groups is 1. The second-order valence-electron chi connectivity index (χ2n) is 7.31. The molecule has 0 saturated carbocycles. The maximum Gasteiger partial charge on any atom is 0.416 e. The van der Waals surface area contributed by atoms with Crippen molar-refractivity contribution in [2.75, 3.05) is 11.1 Å². The van der Waals surface area contributed by atoms with Gasteiger partial charge in [0, 0.05) is 5.92 Å². The molecule has 4 rings (SSSR count). The van der Waals surface area contributed by atoms with Crippen molar-refractivity contribution < 1.29 is 18.0 Å². The van der Waals surface area contributed by atoms with Gasteiger partial charge in [0.25, 0.3) is 0 Å². The van der Waals surface area contributed by atoms with Crippen molar-refractivity contribution in [1.82, 2.24) is 19.6 Å². The number of hydrogen-bond donors (Lipinski definition) is 1. The van der Waals surface area contributed by atoms with Gasteiger partial charge in [-0.3, -0.25) is 9.20 Å². The predicted octanol–water partition coefficient (Wildman–Crippen LogP) is 5.80. The maximum absolute atomic E-state index is 13.0. The first-order chi connectivity index (χ1) is 15.1. The standard InChI is InChI=1S/C21H17ClF3N5OS/c1-11(2)18-28-29-19-20(27-14-5-3-4-6-16(14)30(18)19)32-10-17(31)26-15-9-12(21(23,24)25)7-8-13(15)22/h3-9,11H,10H2,1-2H3,(H,26,31). The Kier molecular flexibility index (Phi) is 6.00. The predicted molar refractivity (Wildman–Crippen MR) is 118 cm³/mol. The molecule has 4 aromatic rings. The molecule has 166 valence electrons. The largest absolute Gasteiger partial charge is 0.416 e. The van der Waals surface area contributed by atoms with Crippen molar-refractivity contribution in [3.8, 4) is 0 Å². The van der Waals surface area contributed by atoms with Crippen LogP contribution < -0.4 is 5.32 Å². The molecular formula is C21H17ClF3N5OS. The zero-order valence-corrected chi connectivity index (χ0v) is 18.5. The van der Waals surface area contributed by atoms with E-state index in [1.165, 1.54) is 0 Å². The van der Waals surface area contributed by atoms with Gasteiger partial charge in [-0.05, 0) is 30.3 Å². The number of hydrogen-bond acceptors (Lipinski definition) is 5. The summed E-state index contributed by atoms with van der Waals surface area (Å²) in [5.74, 6) is 0.255. The summed E-state index contributed by atoms with van der Waals surface area (Å²) < 4.78 is 40.8. The zero-order valence-electron chi connectivity index (χ0n) is 16.9. The number of nitrogens with zero attached hydrogens (tertiary/aromatic N) is 4. The molecule has 0 aliphatic carbocycles. The molecule has 2 aromatic carbocycles. The van der Waals surface area contributed by atoms with E-state index in [0.29, 0.717) is 16.2 Å². The number of amides is 1. The van der Waals surface area contributed by atoms with Gasteiger partial charge in [0.2, 0.25) is 5.91 Å². The van der Waals surface area contributed by atoms with Crippen LogP contribution in [0.4, 0.5) is 18.9 Å². The zero-order chi connectivity index (χ0) is 23.0. The van der Waals surface area contributed by atoms with Crippen LogP contribution in [-0.4, -0.2) is 31.2 Å². The number of aromatic nitrogens is 4. The fourth-order valence-corrected chi connectivity index (χ4v) is 4.10. The normalized spacial score (nSPS) is 12.1. The number of alkyl halides is 3. The Morgan fingerprint density at radius 3 is 2.66 bits per heavy atom. The van der Waals surface area contributed by atoms with Crippen LogP contribution in [0.25, 0.3) is 16.7 Å². The molecule has 2 aromatic heterocycles. The Hall–Kier alpha value is -2.85. The minimum Gasteiger partial charge on any atom is -0.324 e. The molecule has 0 bridgehead atoms. The lowest BCUT2D eigenvalue weighted by Gasteiger charge is -2.12. The van der Waals surface area contributed by atoms with Crippen molar-refractivity contribution in [2.45, 2.75) is 31.0 Å². The lowest BCUT2D eigenvalue weighted by Crippen LogP contribution is -2.15. The molecule has 1 amide bonds. The minimum atomic E-state index is -4.54. The summed E-state index contributed by atoms with van der Waals surface area (Å²) in [5.41, 5.74) is 1.08. The lowest BCUT2D eigenvalue weighted by molar-refractivity contribution is -0.137. The van der Waals surface area contributed by atoms with Gasteiger partial charge in [-0.2, -0.15) is 13.2 Å². The van der Waals surface area contributed by atoms with Gasteiger partial charge < -0.3 is 5.32 Å². The van der Waals surface area contributed by atoms with Gasteiger partial charge in [0.1, 0.15) is 10.9 Å². The average Bonchev–Trinajstić information content (AvgIpc) is 3.19. The highest BCUT2D eigenvalue weighted by Crippen LogP contribution is 2.34. The molecule has 0 saturated heterocycles. The number of carbonyl (C=O) groups excluding carboxylic acids is 1. The Labute approximate surface area is 190 Å². The molecule has 0 aliphatic heterocycles. The third-order valence-electron chi connectivity index (χ3n) is 4.65. The number of anilines is 1. The molecule has 2 heterocycles. The molecule has 0 fully saturated rings. The molecule has 1 N–H and O–H groups in total. The summed E-state index contributed by atoms with van der Waals surface area (Å²) in [6.07, 6.45) is -4.54. The van der Waals surface area contributed by atoms with E-state index in [-0.39, 0.29) is 22.4 Å². The smallest absolute Gasteiger partial charge is 0.324 e. The molecule has 0 aliphatic rings. The van der Waals surface area contributed by atoms with Crippen LogP contribution in [0.3, 0.4) is 0 Å². The summed E-state index contributed by atoms with van der Waals surface area (Å²) in [6.45, 7) is 4.01. The number of nitrogens with one attached hydrogen (secondary N) is 1. The summed E-state index contributed by atoms with van der Waals surface area (Å²) >= 11 is 7.08. The van der Waals surface area contributed by atoms with Crippen molar-refractivity contribution >= 4 is 51.6 Å². The van der Waals surface area contributed by atoms with E-state index in [2.05, 4.69) is 20.5 Å². The van der Waals surface area contributed by atoms with Gasteiger partial charge in [-0.15, -0.1) is 10.2 Å². The second-order valence-corrected chi connectivity index (χ2v) is 8.68. The molecule has 6 nitrogen and oxygen atoms in total. The third kappa shape index (κ3) is 4.37. The van der Waals surface area contributed by atoms with Crippen molar-refractivity contribution in [2.24, 2.45) is 0 Å². The fourth-order valence-electron chi connectivity index (χ4n) is 3.17. The van der Waals surface area contributed by atoms with Gasteiger partial charge in [-0.25, -0.2) is 4.98 Å². The number of benzene rings is 2. The molecule has 32 heavy (non-hydrogen) atoms. The Balaban J connectivity index is 1.60. The monoisotopic (exact) mass is 479 g/mol. The van der Waals surface area contributed by atoms with Crippen LogP contribution in [0.15, 0.2) is 47.5 Å². The van der Waals surface area contributed by atoms with E-state index < -0.39 is 17.6 Å². The van der Waals surface area contributed by atoms with Crippen LogP contribution in [0, 0.1) is 0 Å². The Morgan fingerprint density at radius 2 is 1.94 bits per heavy atom.